The van der Waals surface area contributed by atoms with E-state index < -0.39 is 51.0 Å². The fourth-order valence-corrected chi connectivity index (χ4v) is 3.72. The zero-order chi connectivity index (χ0) is 16.4. The van der Waals surface area contributed by atoms with Crippen molar-refractivity contribution in [3.8, 4) is 0 Å². The number of carboxylic acids is 1. The number of carboxylic acid groups (broad SMARTS) is 1. The molecule has 0 atom stereocenters. The van der Waals surface area contributed by atoms with Gasteiger partial charge >= 0.3 is 12.1 Å². The molecule has 1 N–H and O–H groups in total. The van der Waals surface area contributed by atoms with E-state index in [4.69, 9.17) is 28.3 Å². The predicted molar refractivity (Wildman–Crippen MR) is 70.8 cm³/mol. The van der Waals surface area contributed by atoms with Crippen LogP contribution >= 0.6 is 23.2 Å². The molecule has 0 aromatic heterocycles. The third kappa shape index (κ3) is 5.05. The lowest BCUT2D eigenvalue weighted by molar-refractivity contribution is -0.134. The van der Waals surface area contributed by atoms with Crippen molar-refractivity contribution >= 4 is 39.0 Å². The first-order valence-electron chi connectivity index (χ1n) is 5.46. The molecule has 0 saturated heterocycles. The fourth-order valence-electron chi connectivity index (χ4n) is 1.50. The number of aromatic carboxylic acids is 1. The molecule has 0 bridgehead atoms. The van der Waals surface area contributed by atoms with Gasteiger partial charge in [-0.15, -0.1) is 0 Å². The second-order valence-electron chi connectivity index (χ2n) is 4.11. The maximum Gasteiger partial charge on any atom is 0.389 e. The van der Waals surface area contributed by atoms with Crippen molar-refractivity contribution in [1.82, 2.24) is 0 Å². The molecular weight excluding hydrogens is 356 g/mol. The van der Waals surface area contributed by atoms with Crippen LogP contribution in [0.1, 0.15) is 23.2 Å². The number of hydrogen-bond acceptors (Lipinski definition) is 3. The maximum atomic E-state index is 12.0. The van der Waals surface area contributed by atoms with E-state index in [2.05, 4.69) is 0 Å². The zero-order valence-electron chi connectivity index (χ0n) is 10.2. The van der Waals surface area contributed by atoms with Crippen LogP contribution < -0.4 is 0 Å². The average Bonchev–Trinajstić information content (AvgIpc) is 2.25. The highest BCUT2D eigenvalue weighted by Gasteiger charge is 2.29. The lowest BCUT2D eigenvalue weighted by atomic mass is 10.2. The maximum absolute atomic E-state index is 12.0. The van der Waals surface area contributed by atoms with E-state index in [1.807, 2.05) is 0 Å². The quantitative estimate of drug-likeness (QED) is 0.862. The summed E-state index contributed by atoms with van der Waals surface area (Å²) in [5.74, 6) is -2.27. The number of hydrogen-bond donors (Lipinski definition) is 1. The zero-order valence-corrected chi connectivity index (χ0v) is 12.6. The van der Waals surface area contributed by atoms with Crippen LogP contribution in [0, 0.1) is 0 Å². The van der Waals surface area contributed by atoms with E-state index >= 15 is 0 Å². The normalized spacial score (nSPS) is 12.4. The molecule has 0 aliphatic rings. The molecule has 118 valence electrons. The summed E-state index contributed by atoms with van der Waals surface area (Å²) in [5.41, 5.74) is -0.490. The highest BCUT2D eigenvalue weighted by atomic mass is 35.5. The standard InChI is InChI=1S/C11H9Cl2F3O4S/c12-7-5-8(13)9(4-6(7)10(17)18)21(19,20)3-1-2-11(14,15)16/h4-5H,1-3H2,(H,17,18). The number of carbonyl (C=O) groups is 1. The predicted octanol–water partition coefficient (Wildman–Crippen LogP) is 3.81. The summed E-state index contributed by atoms with van der Waals surface area (Å²) >= 11 is 11.3. The lowest BCUT2D eigenvalue weighted by Crippen LogP contribution is -2.13. The Labute approximate surface area is 128 Å². The molecule has 0 aliphatic carbocycles. The van der Waals surface area contributed by atoms with Crippen LogP contribution in [0.25, 0.3) is 0 Å². The van der Waals surface area contributed by atoms with E-state index in [1.165, 1.54) is 0 Å². The number of rotatable bonds is 5. The first-order valence-corrected chi connectivity index (χ1v) is 7.87. The number of benzene rings is 1. The van der Waals surface area contributed by atoms with Crippen molar-refractivity contribution in [2.75, 3.05) is 5.75 Å². The van der Waals surface area contributed by atoms with E-state index in [0.29, 0.717) is 0 Å². The summed E-state index contributed by atoms with van der Waals surface area (Å²) in [6, 6.07) is 1.68. The molecule has 10 heteroatoms. The second-order valence-corrected chi connectivity index (χ2v) is 7.00. The van der Waals surface area contributed by atoms with Gasteiger partial charge in [-0.3, -0.25) is 0 Å². The Balaban J connectivity index is 3.08. The van der Waals surface area contributed by atoms with E-state index in [9.17, 15) is 26.4 Å². The van der Waals surface area contributed by atoms with Crippen molar-refractivity contribution in [3.63, 3.8) is 0 Å². The van der Waals surface area contributed by atoms with Gasteiger partial charge in [0.1, 0.15) is 0 Å². The molecule has 1 rings (SSSR count). The highest BCUT2D eigenvalue weighted by molar-refractivity contribution is 7.91. The first kappa shape index (κ1) is 18.1. The van der Waals surface area contributed by atoms with E-state index in [0.717, 1.165) is 12.1 Å². The minimum absolute atomic E-state index is 0.262. The molecule has 21 heavy (non-hydrogen) atoms. The molecule has 0 aliphatic heterocycles. The van der Waals surface area contributed by atoms with Gasteiger partial charge in [-0.1, -0.05) is 23.2 Å². The number of sulfone groups is 1. The van der Waals surface area contributed by atoms with Crippen LogP contribution in [0.2, 0.25) is 10.0 Å². The largest absolute Gasteiger partial charge is 0.478 e. The Bertz CT molecular complexity index is 656. The summed E-state index contributed by atoms with van der Waals surface area (Å²) in [6.45, 7) is 0. The van der Waals surface area contributed by atoms with Crippen molar-refractivity contribution in [2.24, 2.45) is 0 Å². The van der Waals surface area contributed by atoms with Crippen molar-refractivity contribution in [1.29, 1.82) is 0 Å². The van der Waals surface area contributed by atoms with Crippen molar-refractivity contribution in [2.45, 2.75) is 23.9 Å². The second kappa shape index (κ2) is 6.41. The van der Waals surface area contributed by atoms with Crippen LogP contribution in [0.5, 0.6) is 0 Å². The lowest BCUT2D eigenvalue weighted by Gasteiger charge is -2.10. The van der Waals surface area contributed by atoms with Crippen LogP contribution in [-0.4, -0.2) is 31.4 Å². The van der Waals surface area contributed by atoms with Gasteiger partial charge in [0.2, 0.25) is 0 Å². The summed E-state index contributed by atoms with van der Waals surface area (Å²) in [4.78, 5) is 10.3. The minimum Gasteiger partial charge on any atom is -0.478 e. The molecule has 4 nitrogen and oxygen atoms in total. The van der Waals surface area contributed by atoms with Gasteiger partial charge in [0.25, 0.3) is 0 Å². The summed E-state index contributed by atoms with van der Waals surface area (Å²) < 4.78 is 59.9. The van der Waals surface area contributed by atoms with Crippen LogP contribution in [0.15, 0.2) is 17.0 Å². The molecular formula is C11H9Cl2F3O4S. The summed E-state index contributed by atoms with van der Waals surface area (Å²) in [6.07, 6.45) is -6.37. The van der Waals surface area contributed by atoms with Gasteiger partial charge in [-0.05, 0) is 18.6 Å². The van der Waals surface area contributed by atoms with Gasteiger partial charge < -0.3 is 5.11 Å². The Morgan fingerprint density at radius 1 is 1.19 bits per heavy atom. The monoisotopic (exact) mass is 364 g/mol. The molecule has 1 aromatic carbocycles. The Hall–Kier alpha value is -0.990. The Kier molecular flexibility index (Phi) is 5.51. The van der Waals surface area contributed by atoms with Crippen LogP contribution in [-0.2, 0) is 9.84 Å². The van der Waals surface area contributed by atoms with Crippen LogP contribution in [0.4, 0.5) is 13.2 Å². The van der Waals surface area contributed by atoms with Gasteiger partial charge in [0.05, 0.1) is 26.3 Å². The topological polar surface area (TPSA) is 71.4 Å². The Morgan fingerprint density at radius 3 is 2.24 bits per heavy atom. The highest BCUT2D eigenvalue weighted by Crippen LogP contribution is 2.30. The summed E-state index contributed by atoms with van der Waals surface area (Å²) in [5, 5.41) is 8.26. The van der Waals surface area contributed by atoms with Gasteiger partial charge in [-0.2, -0.15) is 13.2 Å². The van der Waals surface area contributed by atoms with Crippen molar-refractivity contribution < 1.29 is 31.5 Å². The average molecular weight is 365 g/mol. The van der Waals surface area contributed by atoms with Crippen molar-refractivity contribution in [3.05, 3.63) is 27.7 Å². The molecule has 0 unspecified atom stereocenters. The third-order valence-electron chi connectivity index (χ3n) is 2.46. The van der Waals surface area contributed by atoms with E-state index in [-0.39, 0.29) is 10.0 Å². The molecule has 0 heterocycles. The fraction of sp³-hybridized carbons (Fsp3) is 0.364. The Morgan fingerprint density at radius 2 is 1.76 bits per heavy atom. The molecule has 0 fully saturated rings. The van der Waals surface area contributed by atoms with E-state index in [1.54, 1.807) is 0 Å². The van der Waals surface area contributed by atoms with Gasteiger partial charge in [0, 0.05) is 6.42 Å². The molecule has 0 amide bonds. The van der Waals surface area contributed by atoms with Gasteiger partial charge in [-0.25, -0.2) is 13.2 Å². The molecule has 0 spiro atoms. The first-order chi connectivity index (χ1) is 9.44. The SMILES string of the molecule is O=C(O)c1cc(S(=O)(=O)CCCC(F)(F)F)c(Cl)cc1Cl. The summed E-state index contributed by atoms with van der Waals surface area (Å²) in [7, 11) is -4.14. The minimum atomic E-state index is -4.47. The molecule has 1 aromatic rings. The smallest absolute Gasteiger partial charge is 0.389 e. The molecule has 0 saturated carbocycles. The third-order valence-corrected chi connectivity index (χ3v) is 5.03. The molecule has 0 radical (unpaired) electrons. The number of halogens is 5. The van der Waals surface area contributed by atoms with Gasteiger partial charge in [0.15, 0.2) is 9.84 Å². The number of alkyl halides is 3. The van der Waals surface area contributed by atoms with Crippen LogP contribution in [0.3, 0.4) is 0 Å².